The zero-order valence-corrected chi connectivity index (χ0v) is 16.4. The largest absolute Gasteiger partial charge is 0.370 e. The molecule has 6 nitrogen and oxygen atoms in total. The van der Waals surface area contributed by atoms with E-state index in [4.69, 9.17) is 5.73 Å². The Morgan fingerprint density at radius 3 is 2.76 bits per heavy atom. The van der Waals surface area contributed by atoms with E-state index in [9.17, 15) is 18.0 Å². The van der Waals surface area contributed by atoms with Gasteiger partial charge in [-0.15, -0.1) is 0 Å². The summed E-state index contributed by atoms with van der Waals surface area (Å²) in [5, 5.41) is 0. The van der Waals surface area contributed by atoms with Gasteiger partial charge >= 0.3 is 0 Å². The lowest BCUT2D eigenvalue weighted by molar-refractivity contribution is -0.130. The molecule has 25 heavy (non-hydrogen) atoms. The maximum Gasteiger partial charge on any atom is 0.237 e. The van der Waals surface area contributed by atoms with Gasteiger partial charge in [-0.05, 0) is 42.9 Å². The zero-order chi connectivity index (χ0) is 18.4. The van der Waals surface area contributed by atoms with Gasteiger partial charge in [0.2, 0.25) is 11.8 Å². The van der Waals surface area contributed by atoms with Crippen molar-refractivity contribution < 1.29 is 18.0 Å². The first-order valence-electron chi connectivity index (χ1n) is 8.26. The third-order valence-electron chi connectivity index (χ3n) is 4.29. The van der Waals surface area contributed by atoms with E-state index >= 15 is 0 Å². The minimum Gasteiger partial charge on any atom is -0.370 e. The third-order valence-corrected chi connectivity index (χ3v) is 6.24. The number of hydrogen-bond donors (Lipinski definition) is 1. The lowest BCUT2D eigenvalue weighted by Gasteiger charge is -2.32. The van der Waals surface area contributed by atoms with Crippen molar-refractivity contribution in [1.82, 2.24) is 4.90 Å². The van der Waals surface area contributed by atoms with Crippen LogP contribution in [0.4, 0.5) is 0 Å². The fourth-order valence-electron chi connectivity index (χ4n) is 3.08. The highest BCUT2D eigenvalue weighted by atomic mass is 79.9. The van der Waals surface area contributed by atoms with E-state index in [1.165, 1.54) is 0 Å². The highest BCUT2D eigenvalue weighted by Crippen LogP contribution is 2.21. The summed E-state index contributed by atoms with van der Waals surface area (Å²) in [5.74, 6) is -1.14. The molecule has 1 saturated heterocycles. The van der Waals surface area contributed by atoms with Crippen LogP contribution in [0.25, 0.3) is 0 Å². The average molecular weight is 431 g/mol. The number of rotatable bonds is 7. The number of sulfone groups is 1. The summed E-state index contributed by atoms with van der Waals surface area (Å²) in [7, 11) is -3.53. The molecule has 0 aliphatic carbocycles. The van der Waals surface area contributed by atoms with E-state index in [0.717, 1.165) is 17.3 Å². The van der Waals surface area contributed by atoms with Gasteiger partial charge in [-0.25, -0.2) is 8.42 Å². The molecule has 1 aromatic carbocycles. The normalized spacial score (nSPS) is 18.1. The number of nitrogens with two attached hydrogens (primary N) is 1. The van der Waals surface area contributed by atoms with Crippen LogP contribution in [0.15, 0.2) is 28.7 Å². The van der Waals surface area contributed by atoms with Crippen LogP contribution >= 0.6 is 15.9 Å². The molecule has 0 radical (unpaired) electrons. The summed E-state index contributed by atoms with van der Waals surface area (Å²) >= 11 is 3.31. The Bertz CT molecular complexity index is 736. The topological polar surface area (TPSA) is 97.5 Å². The molecule has 2 N–H and O–H groups in total. The number of benzene rings is 1. The molecular weight excluding hydrogens is 408 g/mol. The monoisotopic (exact) mass is 430 g/mol. The SMILES string of the molecule is NC(=O)CCC1CCCN(C(=O)CS(=O)(=O)Cc2cccc(Br)c2)C1. The van der Waals surface area contributed by atoms with Gasteiger partial charge in [-0.1, -0.05) is 28.1 Å². The second-order valence-electron chi connectivity index (χ2n) is 6.52. The Kier molecular flexibility index (Phi) is 7.01. The summed E-state index contributed by atoms with van der Waals surface area (Å²) in [6.45, 7) is 1.07. The number of halogens is 1. The molecule has 1 heterocycles. The van der Waals surface area contributed by atoms with Crippen molar-refractivity contribution in [3.05, 3.63) is 34.3 Å². The molecule has 1 aliphatic rings. The lowest BCUT2D eigenvalue weighted by atomic mass is 9.93. The van der Waals surface area contributed by atoms with Crippen LogP contribution in [0.2, 0.25) is 0 Å². The molecule has 0 spiro atoms. The van der Waals surface area contributed by atoms with Gasteiger partial charge in [-0.2, -0.15) is 0 Å². The van der Waals surface area contributed by atoms with Crippen molar-refractivity contribution in [2.24, 2.45) is 11.7 Å². The Morgan fingerprint density at radius 2 is 2.08 bits per heavy atom. The summed E-state index contributed by atoms with van der Waals surface area (Å²) in [6, 6.07) is 7.06. The minimum absolute atomic E-state index is 0.156. The van der Waals surface area contributed by atoms with Crippen molar-refractivity contribution in [3.8, 4) is 0 Å². The smallest absolute Gasteiger partial charge is 0.237 e. The first kappa shape index (κ1) is 19.9. The zero-order valence-electron chi connectivity index (χ0n) is 14.0. The standard InChI is InChI=1S/C17H23BrN2O4S/c18-15-5-1-3-14(9-15)11-25(23,24)12-17(22)20-8-2-4-13(10-20)6-7-16(19)21/h1,3,5,9,13H,2,4,6-8,10-12H2,(H2,19,21). The summed E-state index contributed by atoms with van der Waals surface area (Å²) in [6.07, 6.45) is 2.69. The molecule has 1 unspecified atom stereocenters. The van der Waals surface area contributed by atoms with Gasteiger partial charge in [-0.3, -0.25) is 9.59 Å². The average Bonchev–Trinajstić information content (AvgIpc) is 2.52. The molecule has 1 atom stereocenters. The number of hydrogen-bond acceptors (Lipinski definition) is 4. The highest BCUT2D eigenvalue weighted by molar-refractivity contribution is 9.10. The lowest BCUT2D eigenvalue weighted by Crippen LogP contribution is -2.43. The Balaban J connectivity index is 1.92. The van der Waals surface area contributed by atoms with Crippen LogP contribution in [0.1, 0.15) is 31.2 Å². The van der Waals surface area contributed by atoms with Crippen LogP contribution in [0.5, 0.6) is 0 Å². The van der Waals surface area contributed by atoms with E-state index in [1.807, 2.05) is 6.07 Å². The highest BCUT2D eigenvalue weighted by Gasteiger charge is 2.27. The molecule has 138 valence electrons. The van der Waals surface area contributed by atoms with Crippen molar-refractivity contribution in [2.75, 3.05) is 18.8 Å². The molecule has 1 fully saturated rings. The first-order chi connectivity index (χ1) is 11.7. The van der Waals surface area contributed by atoms with Crippen LogP contribution < -0.4 is 5.73 Å². The fraction of sp³-hybridized carbons (Fsp3) is 0.529. The van der Waals surface area contributed by atoms with E-state index in [0.29, 0.717) is 31.5 Å². The Morgan fingerprint density at radius 1 is 1.32 bits per heavy atom. The van der Waals surface area contributed by atoms with Gasteiger partial charge in [0.1, 0.15) is 5.75 Å². The predicted octanol–water partition coefficient (Wildman–Crippen LogP) is 1.87. The van der Waals surface area contributed by atoms with Gasteiger partial charge in [0, 0.05) is 24.0 Å². The van der Waals surface area contributed by atoms with E-state index < -0.39 is 15.6 Å². The Hall–Kier alpha value is -1.41. The van der Waals surface area contributed by atoms with Crippen LogP contribution in [-0.4, -0.2) is 44.0 Å². The second-order valence-corrected chi connectivity index (χ2v) is 9.50. The molecule has 1 aromatic rings. The number of primary amides is 1. The van der Waals surface area contributed by atoms with Crippen molar-refractivity contribution in [1.29, 1.82) is 0 Å². The quantitative estimate of drug-likeness (QED) is 0.713. The number of carbonyl (C=O) groups is 2. The van der Waals surface area contributed by atoms with Crippen LogP contribution in [-0.2, 0) is 25.2 Å². The summed E-state index contributed by atoms with van der Waals surface area (Å²) in [4.78, 5) is 24.9. The molecule has 0 bridgehead atoms. The maximum atomic E-state index is 12.4. The van der Waals surface area contributed by atoms with Gasteiger partial charge in [0.05, 0.1) is 5.75 Å². The van der Waals surface area contributed by atoms with Crippen molar-refractivity contribution in [2.45, 2.75) is 31.4 Å². The third kappa shape index (κ3) is 6.78. The number of nitrogens with zero attached hydrogens (tertiary/aromatic N) is 1. The minimum atomic E-state index is -3.53. The van der Waals surface area contributed by atoms with Crippen LogP contribution in [0.3, 0.4) is 0 Å². The molecule has 0 aromatic heterocycles. The molecule has 2 amide bonds. The molecular formula is C17H23BrN2O4S. The number of carbonyl (C=O) groups excluding carboxylic acids is 2. The van der Waals surface area contributed by atoms with E-state index in [2.05, 4.69) is 15.9 Å². The van der Waals surface area contributed by atoms with Crippen molar-refractivity contribution >= 4 is 37.6 Å². The maximum absolute atomic E-state index is 12.4. The van der Waals surface area contributed by atoms with Crippen molar-refractivity contribution in [3.63, 3.8) is 0 Å². The van der Waals surface area contributed by atoms with Gasteiger partial charge in [0.25, 0.3) is 0 Å². The number of likely N-dealkylation sites (tertiary alicyclic amines) is 1. The van der Waals surface area contributed by atoms with Crippen LogP contribution in [0, 0.1) is 5.92 Å². The van der Waals surface area contributed by atoms with Gasteiger partial charge < -0.3 is 10.6 Å². The van der Waals surface area contributed by atoms with E-state index in [-0.39, 0.29) is 23.5 Å². The van der Waals surface area contributed by atoms with Gasteiger partial charge in [0.15, 0.2) is 9.84 Å². The summed E-state index contributed by atoms with van der Waals surface area (Å²) in [5.41, 5.74) is 5.82. The molecule has 0 saturated carbocycles. The van der Waals surface area contributed by atoms with E-state index in [1.54, 1.807) is 23.1 Å². The Labute approximate surface area is 156 Å². The predicted molar refractivity (Wildman–Crippen MR) is 99.4 cm³/mol. The fourth-order valence-corrected chi connectivity index (χ4v) is 4.88. The molecule has 8 heteroatoms. The molecule has 2 rings (SSSR count). The number of piperidine rings is 1. The first-order valence-corrected chi connectivity index (χ1v) is 10.9. The second kappa shape index (κ2) is 8.80. The molecule has 1 aliphatic heterocycles. The summed E-state index contributed by atoms with van der Waals surface area (Å²) < 4.78 is 25.5. The number of amides is 2.